The summed E-state index contributed by atoms with van der Waals surface area (Å²) >= 11 is 6.15. The van der Waals surface area contributed by atoms with E-state index in [9.17, 15) is 0 Å². The quantitative estimate of drug-likeness (QED) is 0.572. The molecule has 0 aliphatic carbocycles. The van der Waals surface area contributed by atoms with Crippen molar-refractivity contribution in [3.05, 3.63) is 76.4 Å². The summed E-state index contributed by atoms with van der Waals surface area (Å²) in [4.78, 5) is 4.39. The van der Waals surface area contributed by atoms with E-state index in [2.05, 4.69) is 34.7 Å². The highest BCUT2D eigenvalue weighted by molar-refractivity contribution is 6.30. The Labute approximate surface area is 128 Å². The zero-order valence-electron chi connectivity index (χ0n) is 11.7. The molecule has 4 heteroatoms. The number of nitrogens with two attached hydrogens (primary N) is 1. The molecular formula is C17H16ClN3. The molecule has 106 valence electrons. The summed E-state index contributed by atoms with van der Waals surface area (Å²) in [6.07, 6.45) is 1.79. The van der Waals surface area contributed by atoms with Gasteiger partial charge in [-0.05, 0) is 47.9 Å². The molecule has 0 saturated carbocycles. The van der Waals surface area contributed by atoms with Crippen LogP contribution in [0.15, 0.2) is 54.7 Å². The van der Waals surface area contributed by atoms with E-state index >= 15 is 0 Å². The minimum atomic E-state index is -0.117. The van der Waals surface area contributed by atoms with Crippen LogP contribution in [0.4, 0.5) is 0 Å². The number of hydrogen-bond donors (Lipinski definition) is 2. The summed E-state index contributed by atoms with van der Waals surface area (Å²) in [5.41, 5.74) is 7.03. The van der Waals surface area contributed by atoms with E-state index in [1.165, 1.54) is 0 Å². The number of aryl methyl sites for hydroxylation is 1. The minimum Gasteiger partial charge on any atom is -0.271 e. The Morgan fingerprint density at radius 1 is 1.10 bits per heavy atom. The molecule has 21 heavy (non-hydrogen) atoms. The Hall–Kier alpha value is -1.94. The Morgan fingerprint density at radius 3 is 2.71 bits per heavy atom. The molecule has 3 aromatic rings. The number of halogens is 1. The van der Waals surface area contributed by atoms with Crippen molar-refractivity contribution in [1.82, 2.24) is 10.4 Å². The standard InChI is InChI=1S/C17H16ClN3/c1-11-7-14(9-15(18)8-11)17(21-19)13-5-4-12-3-2-6-20-16(12)10-13/h2-10,17,21H,19H2,1H3. The molecule has 1 heterocycles. The second kappa shape index (κ2) is 5.82. The monoisotopic (exact) mass is 297 g/mol. The zero-order valence-corrected chi connectivity index (χ0v) is 12.4. The number of aromatic nitrogens is 1. The maximum atomic E-state index is 6.15. The van der Waals surface area contributed by atoms with E-state index in [0.717, 1.165) is 27.6 Å². The van der Waals surface area contributed by atoms with E-state index in [-0.39, 0.29) is 6.04 Å². The normalized spacial score (nSPS) is 12.5. The number of benzene rings is 2. The Bertz CT molecular complexity index is 766. The Kier molecular flexibility index (Phi) is 3.88. The van der Waals surface area contributed by atoms with Crippen molar-refractivity contribution in [2.75, 3.05) is 0 Å². The zero-order chi connectivity index (χ0) is 14.8. The summed E-state index contributed by atoms with van der Waals surface area (Å²) in [7, 11) is 0. The van der Waals surface area contributed by atoms with Gasteiger partial charge in [0, 0.05) is 16.6 Å². The van der Waals surface area contributed by atoms with Gasteiger partial charge in [-0.2, -0.15) is 0 Å². The topological polar surface area (TPSA) is 50.9 Å². The van der Waals surface area contributed by atoms with E-state index < -0.39 is 0 Å². The highest BCUT2D eigenvalue weighted by Gasteiger charge is 2.14. The molecule has 0 aliphatic rings. The minimum absolute atomic E-state index is 0.117. The fourth-order valence-electron chi connectivity index (χ4n) is 2.58. The first kappa shape index (κ1) is 14.0. The Morgan fingerprint density at radius 2 is 1.95 bits per heavy atom. The lowest BCUT2D eigenvalue weighted by atomic mass is 9.97. The van der Waals surface area contributed by atoms with Gasteiger partial charge < -0.3 is 0 Å². The number of rotatable bonds is 3. The van der Waals surface area contributed by atoms with Crippen molar-refractivity contribution >= 4 is 22.5 Å². The van der Waals surface area contributed by atoms with Crippen LogP contribution in [0.3, 0.4) is 0 Å². The number of hydrogen-bond acceptors (Lipinski definition) is 3. The molecule has 0 aliphatic heterocycles. The van der Waals surface area contributed by atoms with Crippen molar-refractivity contribution in [1.29, 1.82) is 0 Å². The molecule has 3 nitrogen and oxygen atoms in total. The second-order valence-corrected chi connectivity index (χ2v) is 5.55. The highest BCUT2D eigenvalue weighted by atomic mass is 35.5. The molecule has 1 aromatic heterocycles. The summed E-state index contributed by atoms with van der Waals surface area (Å²) in [5.74, 6) is 5.77. The maximum Gasteiger partial charge on any atom is 0.0711 e. The van der Waals surface area contributed by atoms with Crippen LogP contribution in [0.5, 0.6) is 0 Å². The number of hydrazine groups is 1. The molecule has 1 atom stereocenters. The molecule has 0 saturated heterocycles. The summed E-state index contributed by atoms with van der Waals surface area (Å²) in [6.45, 7) is 2.02. The summed E-state index contributed by atoms with van der Waals surface area (Å²) in [5, 5.41) is 1.82. The molecule has 0 spiro atoms. The lowest BCUT2D eigenvalue weighted by Gasteiger charge is -2.18. The van der Waals surface area contributed by atoms with E-state index in [1.807, 2.05) is 31.2 Å². The van der Waals surface area contributed by atoms with Gasteiger partial charge in [0.25, 0.3) is 0 Å². The highest BCUT2D eigenvalue weighted by Crippen LogP contribution is 2.27. The van der Waals surface area contributed by atoms with Crippen molar-refractivity contribution < 1.29 is 0 Å². The van der Waals surface area contributed by atoms with Crippen LogP contribution in [0.1, 0.15) is 22.7 Å². The largest absolute Gasteiger partial charge is 0.271 e. The van der Waals surface area contributed by atoms with Crippen molar-refractivity contribution in [2.45, 2.75) is 13.0 Å². The van der Waals surface area contributed by atoms with E-state index in [1.54, 1.807) is 6.20 Å². The summed E-state index contributed by atoms with van der Waals surface area (Å²) in [6, 6.07) is 16.0. The SMILES string of the molecule is Cc1cc(Cl)cc(C(NN)c2ccc3cccnc3c2)c1. The lowest BCUT2D eigenvalue weighted by molar-refractivity contribution is 0.637. The second-order valence-electron chi connectivity index (χ2n) is 5.12. The molecule has 0 bridgehead atoms. The van der Waals surface area contributed by atoms with Gasteiger partial charge in [0.15, 0.2) is 0 Å². The molecule has 3 rings (SSSR count). The number of nitrogens with one attached hydrogen (secondary N) is 1. The number of nitrogens with zero attached hydrogens (tertiary/aromatic N) is 1. The van der Waals surface area contributed by atoms with Gasteiger partial charge in [-0.1, -0.05) is 35.9 Å². The smallest absolute Gasteiger partial charge is 0.0711 e. The van der Waals surface area contributed by atoms with Gasteiger partial charge in [-0.15, -0.1) is 0 Å². The predicted octanol–water partition coefficient (Wildman–Crippen LogP) is 3.75. The van der Waals surface area contributed by atoms with Crippen LogP contribution in [0, 0.1) is 6.92 Å². The Balaban J connectivity index is 2.08. The van der Waals surface area contributed by atoms with Gasteiger partial charge in [0.2, 0.25) is 0 Å². The molecule has 0 amide bonds. The summed E-state index contributed by atoms with van der Waals surface area (Å²) < 4.78 is 0. The van der Waals surface area contributed by atoms with Crippen LogP contribution < -0.4 is 11.3 Å². The van der Waals surface area contributed by atoms with Crippen LogP contribution >= 0.6 is 11.6 Å². The molecule has 0 radical (unpaired) electrons. The third kappa shape index (κ3) is 2.90. The fourth-order valence-corrected chi connectivity index (χ4v) is 2.88. The fraction of sp³-hybridized carbons (Fsp3) is 0.118. The third-order valence-corrected chi connectivity index (χ3v) is 3.75. The predicted molar refractivity (Wildman–Crippen MR) is 87.1 cm³/mol. The van der Waals surface area contributed by atoms with Gasteiger partial charge >= 0.3 is 0 Å². The number of fused-ring (bicyclic) bond motifs is 1. The molecule has 2 aromatic carbocycles. The lowest BCUT2D eigenvalue weighted by Crippen LogP contribution is -2.28. The van der Waals surface area contributed by atoms with E-state index in [4.69, 9.17) is 17.4 Å². The van der Waals surface area contributed by atoms with Crippen LogP contribution in [-0.2, 0) is 0 Å². The van der Waals surface area contributed by atoms with Crippen LogP contribution in [-0.4, -0.2) is 4.98 Å². The number of pyridine rings is 1. The van der Waals surface area contributed by atoms with E-state index in [0.29, 0.717) is 5.02 Å². The first-order valence-electron chi connectivity index (χ1n) is 6.75. The van der Waals surface area contributed by atoms with Crippen molar-refractivity contribution in [3.63, 3.8) is 0 Å². The first-order valence-corrected chi connectivity index (χ1v) is 7.13. The third-order valence-electron chi connectivity index (χ3n) is 3.53. The van der Waals surface area contributed by atoms with Crippen LogP contribution in [0.25, 0.3) is 10.9 Å². The van der Waals surface area contributed by atoms with Crippen LogP contribution in [0.2, 0.25) is 5.02 Å². The average Bonchev–Trinajstić information content (AvgIpc) is 2.47. The molecular weight excluding hydrogens is 282 g/mol. The maximum absolute atomic E-state index is 6.15. The molecule has 0 fully saturated rings. The van der Waals surface area contributed by atoms with Gasteiger partial charge in [0.1, 0.15) is 0 Å². The van der Waals surface area contributed by atoms with Gasteiger partial charge in [-0.3, -0.25) is 10.8 Å². The van der Waals surface area contributed by atoms with Gasteiger partial charge in [-0.25, -0.2) is 5.43 Å². The van der Waals surface area contributed by atoms with Crippen molar-refractivity contribution in [2.24, 2.45) is 5.84 Å². The average molecular weight is 298 g/mol. The molecule has 3 N–H and O–H groups in total. The van der Waals surface area contributed by atoms with Gasteiger partial charge in [0.05, 0.1) is 11.6 Å². The first-order chi connectivity index (χ1) is 10.2. The van der Waals surface area contributed by atoms with Crippen molar-refractivity contribution in [3.8, 4) is 0 Å². The molecule has 1 unspecified atom stereocenters.